The van der Waals surface area contributed by atoms with Gasteiger partial charge in [0.1, 0.15) is 31.3 Å². The normalized spacial score (nSPS) is 20.1. The molecule has 4 heterocycles. The second kappa shape index (κ2) is 14.2. The van der Waals surface area contributed by atoms with Crippen molar-refractivity contribution >= 4 is 11.4 Å². The van der Waals surface area contributed by atoms with Crippen molar-refractivity contribution in [3.63, 3.8) is 0 Å². The van der Waals surface area contributed by atoms with Gasteiger partial charge in [-0.15, -0.1) is 0 Å². The van der Waals surface area contributed by atoms with E-state index in [1.54, 1.807) is 10.9 Å². The predicted molar refractivity (Wildman–Crippen MR) is 183 cm³/mol. The summed E-state index contributed by atoms with van der Waals surface area (Å²) in [7, 11) is 0. The molecular weight excluding hydrogens is 665 g/mol. The molecule has 12 nitrogen and oxygen atoms in total. The molecular formula is C36H39F3N8O4. The molecule has 2 aliphatic rings. The quantitative estimate of drug-likeness (QED) is 0.182. The summed E-state index contributed by atoms with van der Waals surface area (Å²) in [6, 6.07) is 21.0. The van der Waals surface area contributed by atoms with Gasteiger partial charge in [-0.2, -0.15) is 33.3 Å². The predicted octanol–water partition coefficient (Wildman–Crippen LogP) is 5.29. The van der Waals surface area contributed by atoms with Gasteiger partial charge in [0.25, 0.3) is 0 Å². The van der Waals surface area contributed by atoms with Crippen LogP contribution in [0.4, 0.5) is 24.5 Å². The Balaban J connectivity index is 0.940. The Hall–Kier alpha value is -5.15. The van der Waals surface area contributed by atoms with E-state index in [1.807, 2.05) is 62.4 Å². The van der Waals surface area contributed by atoms with Gasteiger partial charge in [-0.1, -0.05) is 25.1 Å². The third-order valence-corrected chi connectivity index (χ3v) is 9.43. The third-order valence-electron chi connectivity index (χ3n) is 9.43. The minimum atomic E-state index is -4.61. The zero-order valence-corrected chi connectivity index (χ0v) is 28.3. The average Bonchev–Trinajstić information content (AvgIpc) is 3.92. The smallest absolute Gasteiger partial charge is 0.416 e. The highest BCUT2D eigenvalue weighted by molar-refractivity contribution is 5.54. The van der Waals surface area contributed by atoms with E-state index >= 15 is 0 Å². The van der Waals surface area contributed by atoms with Gasteiger partial charge in [-0.3, -0.25) is 0 Å². The summed E-state index contributed by atoms with van der Waals surface area (Å²) in [6.07, 6.45) is 0.0481. The Labute approximate surface area is 292 Å². The second-order valence-electron chi connectivity index (χ2n) is 12.7. The number of piperazine rings is 1. The monoisotopic (exact) mass is 704 g/mol. The van der Waals surface area contributed by atoms with Crippen molar-refractivity contribution in [2.75, 3.05) is 49.2 Å². The molecule has 0 aliphatic carbocycles. The van der Waals surface area contributed by atoms with Crippen LogP contribution in [0, 0.1) is 0 Å². The van der Waals surface area contributed by atoms with Crippen LogP contribution in [0.1, 0.15) is 37.4 Å². The summed E-state index contributed by atoms with van der Waals surface area (Å²) in [5.74, 6) is -1.14. The Bertz CT molecular complexity index is 1960. The third kappa shape index (κ3) is 7.21. The molecule has 5 aromatic rings. The van der Waals surface area contributed by atoms with Crippen molar-refractivity contribution in [2.24, 2.45) is 0 Å². The Kier molecular flexibility index (Phi) is 9.57. The molecule has 3 unspecified atom stereocenters. The number of halogens is 3. The number of hydrogen-bond donors (Lipinski definition) is 0. The van der Waals surface area contributed by atoms with Crippen molar-refractivity contribution in [2.45, 2.75) is 50.9 Å². The van der Waals surface area contributed by atoms with Gasteiger partial charge >= 0.3 is 11.9 Å². The number of ether oxygens (including phenoxy) is 3. The number of anilines is 2. The highest BCUT2D eigenvalue weighted by atomic mass is 19.4. The molecule has 7 rings (SSSR count). The van der Waals surface area contributed by atoms with E-state index in [0.717, 1.165) is 55.7 Å². The van der Waals surface area contributed by atoms with Crippen LogP contribution in [0.15, 0.2) is 96.3 Å². The standard InChI is InChI=1S/C36H39F3N8O4/c1-3-26(2)47-34(48)45(25-42-47)29-10-8-27(9-11-29)43-18-20-44(21-19-43)28-12-14-30(15-13-28)49-22-31-23-50-35(51-31,24-46-40-16-17-41-46)32-6-4-5-7-33(32)36(37,38)39/h4-17,25-26,31H,3,18-24H2,1-2H3. The van der Waals surface area contributed by atoms with Crippen LogP contribution in [0.5, 0.6) is 5.75 Å². The fraction of sp³-hybridized carbons (Fsp3) is 0.389. The van der Waals surface area contributed by atoms with Gasteiger partial charge in [-0.25, -0.2) is 14.0 Å². The summed E-state index contributed by atoms with van der Waals surface area (Å²) in [4.78, 5) is 18.7. The Morgan fingerprint density at radius 3 is 2.12 bits per heavy atom. The van der Waals surface area contributed by atoms with Crippen molar-refractivity contribution < 1.29 is 27.4 Å². The molecule has 0 N–H and O–H groups in total. The van der Waals surface area contributed by atoms with Crippen LogP contribution in [-0.2, 0) is 28.0 Å². The van der Waals surface area contributed by atoms with E-state index in [9.17, 15) is 18.0 Å². The molecule has 51 heavy (non-hydrogen) atoms. The van der Waals surface area contributed by atoms with Gasteiger partial charge < -0.3 is 24.0 Å². The zero-order chi connectivity index (χ0) is 35.6. The number of benzene rings is 3. The molecule has 0 bridgehead atoms. The second-order valence-corrected chi connectivity index (χ2v) is 12.7. The van der Waals surface area contributed by atoms with Crippen molar-refractivity contribution in [1.82, 2.24) is 29.3 Å². The highest BCUT2D eigenvalue weighted by Gasteiger charge is 2.49. The summed E-state index contributed by atoms with van der Waals surface area (Å²) in [5, 5.41) is 12.4. The Morgan fingerprint density at radius 2 is 1.49 bits per heavy atom. The van der Waals surface area contributed by atoms with Crippen molar-refractivity contribution in [3.8, 4) is 11.4 Å². The maximum atomic E-state index is 14.0. The van der Waals surface area contributed by atoms with Crippen LogP contribution in [-0.4, -0.2) is 74.8 Å². The maximum Gasteiger partial charge on any atom is 0.416 e. The van der Waals surface area contributed by atoms with E-state index in [0.29, 0.717) is 5.75 Å². The molecule has 3 atom stereocenters. The molecule has 15 heteroatoms. The number of rotatable bonds is 11. The van der Waals surface area contributed by atoms with Gasteiger partial charge in [0.2, 0.25) is 5.79 Å². The lowest BCUT2D eigenvalue weighted by Crippen LogP contribution is -2.46. The first-order valence-electron chi connectivity index (χ1n) is 17.0. The van der Waals surface area contributed by atoms with Gasteiger partial charge in [-0.05, 0) is 67.9 Å². The van der Waals surface area contributed by atoms with E-state index in [2.05, 4.69) is 25.1 Å². The van der Waals surface area contributed by atoms with E-state index in [-0.39, 0.29) is 37.1 Å². The van der Waals surface area contributed by atoms with E-state index in [4.69, 9.17) is 14.2 Å². The summed E-state index contributed by atoms with van der Waals surface area (Å²) in [6.45, 7) is 7.25. The molecule has 0 saturated carbocycles. The van der Waals surface area contributed by atoms with Gasteiger partial charge in [0.05, 0.1) is 36.3 Å². The van der Waals surface area contributed by atoms with Crippen LogP contribution in [0.3, 0.4) is 0 Å². The number of alkyl halides is 3. The number of hydrogen-bond acceptors (Lipinski definition) is 9. The van der Waals surface area contributed by atoms with E-state index in [1.165, 1.54) is 40.1 Å². The van der Waals surface area contributed by atoms with Crippen LogP contribution in [0.2, 0.25) is 0 Å². The zero-order valence-electron chi connectivity index (χ0n) is 28.3. The first kappa shape index (κ1) is 34.3. The average molecular weight is 705 g/mol. The lowest BCUT2D eigenvalue weighted by atomic mass is 9.98. The minimum absolute atomic E-state index is 0.0278. The molecule has 3 aromatic carbocycles. The highest BCUT2D eigenvalue weighted by Crippen LogP contribution is 2.43. The van der Waals surface area contributed by atoms with Crippen LogP contribution >= 0.6 is 0 Å². The fourth-order valence-electron chi connectivity index (χ4n) is 6.49. The summed E-state index contributed by atoms with van der Waals surface area (Å²) >= 11 is 0. The van der Waals surface area contributed by atoms with Gasteiger partial charge in [0, 0.05) is 43.1 Å². The fourth-order valence-corrected chi connectivity index (χ4v) is 6.49. The lowest BCUT2D eigenvalue weighted by molar-refractivity contribution is -0.200. The summed E-state index contributed by atoms with van der Waals surface area (Å²) in [5.41, 5.74) is 1.81. The number of nitrogens with zero attached hydrogens (tertiary/aromatic N) is 8. The maximum absolute atomic E-state index is 14.0. The van der Waals surface area contributed by atoms with Crippen molar-refractivity contribution in [1.29, 1.82) is 0 Å². The summed E-state index contributed by atoms with van der Waals surface area (Å²) < 4.78 is 63.3. The lowest BCUT2D eigenvalue weighted by Gasteiger charge is -2.37. The molecule has 2 saturated heterocycles. The minimum Gasteiger partial charge on any atom is -0.491 e. The molecule has 2 aliphatic heterocycles. The van der Waals surface area contributed by atoms with Crippen LogP contribution in [0.25, 0.3) is 5.69 Å². The van der Waals surface area contributed by atoms with E-state index < -0.39 is 23.6 Å². The largest absolute Gasteiger partial charge is 0.491 e. The molecule has 0 spiro atoms. The first-order valence-corrected chi connectivity index (χ1v) is 17.0. The van der Waals surface area contributed by atoms with Crippen molar-refractivity contribution in [3.05, 3.63) is 113 Å². The molecule has 2 fully saturated rings. The van der Waals surface area contributed by atoms with Crippen LogP contribution < -0.4 is 20.2 Å². The Morgan fingerprint density at radius 1 is 0.882 bits per heavy atom. The molecule has 2 aromatic heterocycles. The number of aromatic nitrogens is 6. The first-order chi connectivity index (χ1) is 24.6. The molecule has 0 amide bonds. The molecule has 0 radical (unpaired) electrons. The molecule has 268 valence electrons. The topological polar surface area (TPSA) is 105 Å². The SMILES string of the molecule is CCC(C)n1ncn(-c2ccc(N3CCN(c4ccc(OCC5COC(Cn6nccn6)(c6ccccc6C(F)(F)F)O5)cc4)CC3)cc2)c1=O. The van der Waals surface area contributed by atoms with Gasteiger partial charge in [0.15, 0.2) is 0 Å².